The maximum atomic E-state index is 14.3. The Morgan fingerprint density at radius 2 is 0.845 bits per heavy atom. The predicted molar refractivity (Wildman–Crippen MR) is 169 cm³/mol. The highest BCUT2D eigenvalue weighted by molar-refractivity contribution is 6.68. The fourth-order valence-electron chi connectivity index (χ4n) is 4.89. The van der Waals surface area contributed by atoms with Crippen LogP contribution in [-0.4, -0.2) is 43.3 Å². The second-order valence-electron chi connectivity index (χ2n) is 10.9. The summed E-state index contributed by atoms with van der Waals surface area (Å²) in [5.74, 6) is -11.3. The van der Waals surface area contributed by atoms with Crippen LogP contribution in [0.1, 0.15) is 43.0 Å². The van der Waals surface area contributed by atoms with Crippen molar-refractivity contribution < 1.29 is 105 Å². The smallest absolute Gasteiger partial charge is 0.490 e. The van der Waals surface area contributed by atoms with E-state index in [1.54, 1.807) is 0 Å². The molecule has 0 aliphatic rings. The van der Waals surface area contributed by atoms with Gasteiger partial charge in [0.1, 0.15) is 17.1 Å². The number of methoxy groups -OCH3 is 2. The molecule has 0 spiro atoms. The van der Waals surface area contributed by atoms with Crippen molar-refractivity contribution in [1.82, 2.24) is 0 Å². The summed E-state index contributed by atoms with van der Waals surface area (Å²) in [4.78, 5) is 23.1. The molecule has 0 atom stereocenters. The lowest BCUT2D eigenvalue weighted by molar-refractivity contribution is -0.276. The van der Waals surface area contributed by atoms with E-state index >= 15 is 0 Å². The Morgan fingerprint density at radius 3 is 1.14 bits per heavy atom. The lowest BCUT2D eigenvalue weighted by Crippen LogP contribution is -2.18. The number of aromatic carboxylic acids is 1. The number of hydrogen-bond donors (Lipinski definition) is 1. The van der Waals surface area contributed by atoms with Crippen LogP contribution in [0.4, 0.5) is 61.5 Å². The Balaban J connectivity index is 0.000000310. The molecule has 9 nitrogen and oxygen atoms in total. The summed E-state index contributed by atoms with van der Waals surface area (Å²) >= 11 is 5.37. The van der Waals surface area contributed by atoms with Crippen molar-refractivity contribution in [2.24, 2.45) is 0 Å². The Morgan fingerprint density at radius 1 is 0.534 bits per heavy atom. The SMILES string of the molecule is COc1c(Oc2ccc(C(F)(F)F)c(C)c2C(=O)Cl)ccc(OC(F)(F)F)c1F.COc1c(Oc2ccc(C(F)(F)F)c(C)c2C(=O)O)ccc(OC(F)(F)F)c1F. The lowest BCUT2D eigenvalue weighted by atomic mass is 10.0. The van der Waals surface area contributed by atoms with E-state index in [0.717, 1.165) is 46.3 Å². The fourth-order valence-corrected chi connectivity index (χ4v) is 5.13. The van der Waals surface area contributed by atoms with Crippen LogP contribution in [0.2, 0.25) is 0 Å². The average Bonchev–Trinajstić information content (AvgIpc) is 3.05. The van der Waals surface area contributed by atoms with E-state index in [1.807, 2.05) is 0 Å². The number of carbonyl (C=O) groups is 2. The normalized spacial score (nSPS) is 11.9. The van der Waals surface area contributed by atoms with Gasteiger partial charge in [0.15, 0.2) is 23.0 Å². The van der Waals surface area contributed by atoms with E-state index in [4.69, 9.17) is 21.1 Å². The average molecular weight is 875 g/mol. The molecule has 316 valence electrons. The number of alkyl halides is 12. The summed E-state index contributed by atoms with van der Waals surface area (Å²) in [6, 6.07) is 5.33. The highest BCUT2D eigenvalue weighted by Crippen LogP contribution is 2.45. The molecule has 0 aliphatic heterocycles. The van der Waals surface area contributed by atoms with Gasteiger partial charge in [0.05, 0.1) is 30.9 Å². The van der Waals surface area contributed by atoms with Crippen molar-refractivity contribution in [2.75, 3.05) is 14.2 Å². The third-order valence-corrected chi connectivity index (χ3v) is 7.41. The van der Waals surface area contributed by atoms with Crippen molar-refractivity contribution >= 4 is 22.8 Å². The molecule has 0 saturated carbocycles. The summed E-state index contributed by atoms with van der Waals surface area (Å²) < 4.78 is 207. The van der Waals surface area contributed by atoms with Crippen LogP contribution in [0.15, 0.2) is 48.5 Å². The molecule has 0 bridgehead atoms. The van der Waals surface area contributed by atoms with Crippen molar-refractivity contribution in [3.63, 3.8) is 0 Å². The topological polar surface area (TPSA) is 110 Å². The van der Waals surface area contributed by atoms with Crippen LogP contribution in [0.25, 0.3) is 0 Å². The van der Waals surface area contributed by atoms with Gasteiger partial charge in [0.25, 0.3) is 5.24 Å². The van der Waals surface area contributed by atoms with E-state index in [-0.39, 0.29) is 0 Å². The van der Waals surface area contributed by atoms with Gasteiger partial charge < -0.3 is 33.5 Å². The molecule has 24 heteroatoms. The number of carboxylic acid groups (broad SMARTS) is 1. The third kappa shape index (κ3) is 11.2. The largest absolute Gasteiger partial charge is 0.573 e. The Hall–Kier alpha value is -5.87. The number of benzene rings is 4. The van der Waals surface area contributed by atoms with Gasteiger partial charge in [0, 0.05) is 0 Å². The summed E-state index contributed by atoms with van der Waals surface area (Å²) in [7, 11) is 1.80. The van der Waals surface area contributed by atoms with Crippen LogP contribution < -0.4 is 28.4 Å². The fraction of sp³-hybridized carbons (Fsp3) is 0.235. The predicted octanol–water partition coefficient (Wildman–Crippen LogP) is 11.8. The van der Waals surface area contributed by atoms with Gasteiger partial charge in [-0.3, -0.25) is 4.79 Å². The van der Waals surface area contributed by atoms with Crippen molar-refractivity contribution in [3.05, 3.63) is 93.5 Å². The standard InChI is InChI=1S/C17H10ClF7O4.C17H11F7O5/c1-7-8(16(20,21)22)3-4-9(12(7)15(18)26)28-11-6-5-10(29-17(23,24)25)13(19)14(11)27-2;1-7-8(16(19,20)21)3-4-9(12(7)15(25)26)28-11-6-5-10(29-17(22,23)24)13(18)14(11)27-2/h3-6H,1-2H3;3-6H,1-2H3,(H,25,26). The quantitative estimate of drug-likeness (QED) is 0.123. The molecule has 0 aliphatic carbocycles. The van der Waals surface area contributed by atoms with Gasteiger partial charge in [0.2, 0.25) is 23.1 Å². The minimum atomic E-state index is -5.20. The number of ether oxygens (including phenoxy) is 6. The lowest BCUT2D eigenvalue weighted by Gasteiger charge is -2.18. The molecule has 0 saturated heterocycles. The summed E-state index contributed by atoms with van der Waals surface area (Å²) in [6.07, 6.45) is -20.0. The molecular weight excluding hydrogens is 854 g/mol. The zero-order valence-corrected chi connectivity index (χ0v) is 29.8. The molecular formula is C34H21ClF14O9. The molecule has 0 aromatic heterocycles. The monoisotopic (exact) mass is 874 g/mol. The Labute approximate surface area is 320 Å². The van der Waals surface area contributed by atoms with Gasteiger partial charge >= 0.3 is 31.0 Å². The van der Waals surface area contributed by atoms with E-state index in [0.29, 0.717) is 30.3 Å². The number of carboxylic acids is 1. The van der Waals surface area contributed by atoms with E-state index in [1.165, 1.54) is 0 Å². The molecule has 4 aromatic rings. The third-order valence-electron chi connectivity index (χ3n) is 7.23. The Bertz CT molecular complexity index is 2030. The molecule has 4 aromatic carbocycles. The zero-order valence-electron chi connectivity index (χ0n) is 29.0. The first-order valence-electron chi connectivity index (χ1n) is 15.0. The van der Waals surface area contributed by atoms with Gasteiger partial charge in [-0.2, -0.15) is 35.1 Å². The van der Waals surface area contributed by atoms with Crippen LogP contribution in [0, 0.1) is 25.5 Å². The minimum absolute atomic E-state index is 0.488. The van der Waals surface area contributed by atoms with Gasteiger partial charge in [-0.05, 0) is 85.1 Å². The molecule has 0 radical (unpaired) electrons. The molecule has 1 N–H and O–H groups in total. The summed E-state index contributed by atoms with van der Waals surface area (Å²) in [5.41, 5.74) is -5.11. The first-order chi connectivity index (χ1) is 26.5. The van der Waals surface area contributed by atoms with Crippen LogP contribution in [-0.2, 0) is 12.4 Å². The first kappa shape index (κ1) is 46.5. The van der Waals surface area contributed by atoms with Crippen LogP contribution in [0.5, 0.6) is 46.0 Å². The molecule has 0 unspecified atom stereocenters. The van der Waals surface area contributed by atoms with Gasteiger partial charge in [-0.25, -0.2) is 4.79 Å². The first-order valence-corrected chi connectivity index (χ1v) is 15.3. The van der Waals surface area contributed by atoms with Gasteiger partial charge in [-0.15, -0.1) is 26.3 Å². The molecule has 4 rings (SSSR count). The van der Waals surface area contributed by atoms with Crippen LogP contribution in [0.3, 0.4) is 0 Å². The van der Waals surface area contributed by atoms with E-state index in [9.17, 15) is 76.2 Å². The van der Waals surface area contributed by atoms with Gasteiger partial charge in [-0.1, -0.05) is 0 Å². The number of halogens is 15. The second kappa shape index (κ2) is 17.3. The van der Waals surface area contributed by atoms with E-state index in [2.05, 4.69) is 18.9 Å². The van der Waals surface area contributed by atoms with Crippen LogP contribution >= 0.6 is 11.6 Å². The Kier molecular flexibility index (Phi) is 13.9. The molecule has 58 heavy (non-hydrogen) atoms. The maximum Gasteiger partial charge on any atom is 0.573 e. The summed E-state index contributed by atoms with van der Waals surface area (Å²) in [5, 5.41) is 7.98. The number of hydrogen-bond acceptors (Lipinski definition) is 8. The number of carbonyl (C=O) groups excluding carboxylic acids is 1. The maximum absolute atomic E-state index is 14.3. The molecule has 0 amide bonds. The molecule has 0 heterocycles. The van der Waals surface area contributed by atoms with E-state index < -0.39 is 127 Å². The molecule has 0 fully saturated rings. The minimum Gasteiger partial charge on any atom is -0.490 e. The summed E-state index contributed by atoms with van der Waals surface area (Å²) in [6.45, 7) is 1.88. The second-order valence-corrected chi connectivity index (χ2v) is 11.3. The highest BCUT2D eigenvalue weighted by atomic mass is 35.5. The van der Waals surface area contributed by atoms with Crippen molar-refractivity contribution in [3.8, 4) is 46.0 Å². The van der Waals surface area contributed by atoms with Crippen molar-refractivity contribution in [2.45, 2.75) is 38.9 Å². The van der Waals surface area contributed by atoms with Crippen molar-refractivity contribution in [1.29, 1.82) is 0 Å². The highest BCUT2D eigenvalue weighted by Gasteiger charge is 2.38. The number of rotatable bonds is 10. The zero-order chi connectivity index (χ0) is 44.3.